The zero-order valence-corrected chi connectivity index (χ0v) is 24.8. The molecule has 0 unspecified atom stereocenters. The molecule has 2 aromatic heterocycles. The number of hydrogen-bond donors (Lipinski definition) is 2. The Morgan fingerprint density at radius 1 is 1.27 bits per heavy atom. The first-order valence-corrected chi connectivity index (χ1v) is 16.5. The molecule has 1 saturated carbocycles. The Bertz CT molecular complexity index is 1240. The number of nitrogens with zero attached hydrogens (tertiary/aromatic N) is 3. The Hall–Kier alpha value is -2.33. The number of nitrogens with one attached hydrogen (secondary N) is 1. The molecule has 1 aliphatic rings. The summed E-state index contributed by atoms with van der Waals surface area (Å²) in [7, 11) is -1.98. The summed E-state index contributed by atoms with van der Waals surface area (Å²) >= 11 is 3.51. The number of hydrogen-bond acceptors (Lipinski definition) is 6. The fourth-order valence-electron chi connectivity index (χ4n) is 4.58. The monoisotopic (exact) mass is 584 g/mol. The van der Waals surface area contributed by atoms with E-state index in [0.29, 0.717) is 23.5 Å². The van der Waals surface area contributed by atoms with E-state index in [-0.39, 0.29) is 35.5 Å². The molecule has 9 heteroatoms. The fraction of sp³-hybridized carbons (Fsp3) is 0.464. The minimum atomic E-state index is -1.98. The van der Waals surface area contributed by atoms with Gasteiger partial charge in [-0.25, -0.2) is 9.97 Å². The van der Waals surface area contributed by atoms with Crippen LogP contribution in [0, 0.1) is 5.92 Å². The molecule has 198 valence electrons. The van der Waals surface area contributed by atoms with Gasteiger partial charge in [-0.1, -0.05) is 48.8 Å². The zero-order valence-electron chi connectivity index (χ0n) is 22.2. The molecule has 3 atom stereocenters. The number of aliphatic hydroxyl groups is 1. The molecule has 37 heavy (non-hydrogen) atoms. The average Bonchev–Trinajstić information content (AvgIpc) is 3.44. The summed E-state index contributed by atoms with van der Waals surface area (Å²) < 4.78 is 9.70. The molecule has 0 amide bonds. The molecular formula is C28H37BrN4O3Si. The van der Waals surface area contributed by atoms with Crippen LogP contribution in [-0.4, -0.2) is 52.5 Å². The predicted octanol–water partition coefficient (Wildman–Crippen LogP) is 5.89. The summed E-state index contributed by atoms with van der Waals surface area (Å²) in [6, 6.07) is 10.0. The van der Waals surface area contributed by atoms with Crippen LogP contribution in [0.2, 0.25) is 18.1 Å². The van der Waals surface area contributed by atoms with Gasteiger partial charge in [0.1, 0.15) is 12.1 Å². The van der Waals surface area contributed by atoms with E-state index in [4.69, 9.17) is 4.43 Å². The van der Waals surface area contributed by atoms with Gasteiger partial charge in [-0.05, 0) is 54.7 Å². The third kappa shape index (κ3) is 6.57. The molecule has 4 rings (SSSR count). The molecule has 0 radical (unpaired) electrons. The van der Waals surface area contributed by atoms with E-state index in [1.165, 1.54) is 6.33 Å². The average molecular weight is 586 g/mol. The summed E-state index contributed by atoms with van der Waals surface area (Å²) in [4.78, 5) is 22.0. The second-order valence-electron chi connectivity index (χ2n) is 11.5. The summed E-state index contributed by atoms with van der Waals surface area (Å²) in [6.07, 6.45) is 8.31. The Kier molecular flexibility index (Phi) is 8.37. The quantitative estimate of drug-likeness (QED) is 0.240. The van der Waals surface area contributed by atoms with Crippen LogP contribution in [0.15, 0.2) is 59.7 Å². The van der Waals surface area contributed by atoms with E-state index in [1.54, 1.807) is 6.20 Å². The highest BCUT2D eigenvalue weighted by Crippen LogP contribution is 2.41. The van der Waals surface area contributed by atoms with Crippen LogP contribution in [0.3, 0.4) is 0 Å². The lowest BCUT2D eigenvalue weighted by Gasteiger charge is -2.39. The van der Waals surface area contributed by atoms with E-state index in [2.05, 4.69) is 77.2 Å². The van der Waals surface area contributed by atoms with E-state index in [1.807, 2.05) is 35.2 Å². The van der Waals surface area contributed by atoms with Crippen molar-refractivity contribution in [3.63, 3.8) is 0 Å². The van der Waals surface area contributed by atoms with Crippen LogP contribution >= 0.6 is 15.9 Å². The number of carbonyl (C=O) groups is 1. The lowest BCUT2D eigenvalue weighted by molar-refractivity contribution is 0.0980. The maximum Gasteiger partial charge on any atom is 0.199 e. The van der Waals surface area contributed by atoms with Gasteiger partial charge in [0.15, 0.2) is 14.1 Å². The highest BCUT2D eigenvalue weighted by molar-refractivity contribution is 9.10. The first-order valence-electron chi connectivity index (χ1n) is 12.8. The number of halogens is 1. The molecule has 7 nitrogen and oxygen atoms in total. The molecule has 0 saturated heterocycles. The topological polar surface area (TPSA) is 89.3 Å². The highest BCUT2D eigenvalue weighted by atomic mass is 79.9. The molecule has 0 aliphatic heterocycles. The predicted molar refractivity (Wildman–Crippen MR) is 152 cm³/mol. The number of aromatic nitrogens is 3. The van der Waals surface area contributed by atoms with Gasteiger partial charge < -0.3 is 19.4 Å². The minimum Gasteiger partial charge on any atom is -0.413 e. The Labute approximate surface area is 228 Å². The maximum absolute atomic E-state index is 13.4. The van der Waals surface area contributed by atoms with Crippen LogP contribution < -0.4 is 5.32 Å². The second kappa shape index (κ2) is 11.2. The van der Waals surface area contributed by atoms with Crippen LogP contribution in [-0.2, 0) is 11.0 Å². The number of carbonyl (C=O) groups excluding carboxylic acids is 1. The van der Waals surface area contributed by atoms with Crippen molar-refractivity contribution in [2.45, 2.75) is 70.4 Å². The van der Waals surface area contributed by atoms with Gasteiger partial charge in [0.05, 0.1) is 11.7 Å². The third-order valence-corrected chi connectivity index (χ3v) is 12.7. The molecular weight excluding hydrogens is 548 g/mol. The maximum atomic E-state index is 13.4. The summed E-state index contributed by atoms with van der Waals surface area (Å²) in [5.74, 6) is 0.455. The van der Waals surface area contributed by atoms with Crippen LogP contribution in [0.4, 0.5) is 5.82 Å². The molecule has 0 bridgehead atoms. The molecule has 1 aromatic carbocycles. The lowest BCUT2D eigenvalue weighted by Crippen LogP contribution is -2.45. The summed E-state index contributed by atoms with van der Waals surface area (Å²) in [6.45, 7) is 11.9. The van der Waals surface area contributed by atoms with Gasteiger partial charge in [-0.2, -0.15) is 0 Å². The van der Waals surface area contributed by atoms with Crippen molar-refractivity contribution in [1.82, 2.24) is 14.5 Å². The highest BCUT2D eigenvalue weighted by Gasteiger charge is 2.44. The standard InChI is InChI=1S/C28H37BrN4O3Si/c1-28(2,3)37(4,5)36-25-13-23(12-21(25)17-34)32-27-24(14-30-18-31-27)26(35)20-9-10-33(16-20)15-19-7-6-8-22(29)11-19/h6-11,14,16,18,21,23,25,34H,12-13,15,17H2,1-5H3,(H,30,31,32)/t21-,23+,25-/m0/s1. The van der Waals surface area contributed by atoms with Crippen LogP contribution in [0.25, 0.3) is 0 Å². The summed E-state index contributed by atoms with van der Waals surface area (Å²) in [5.41, 5.74) is 2.17. The second-order valence-corrected chi connectivity index (χ2v) is 17.2. The number of ketones is 1. The van der Waals surface area contributed by atoms with Crippen LogP contribution in [0.5, 0.6) is 0 Å². The fourth-order valence-corrected chi connectivity index (χ4v) is 6.42. The smallest absolute Gasteiger partial charge is 0.199 e. The van der Waals surface area contributed by atoms with Gasteiger partial charge in [-0.15, -0.1) is 0 Å². The van der Waals surface area contributed by atoms with Crippen molar-refractivity contribution in [3.05, 3.63) is 76.4 Å². The van der Waals surface area contributed by atoms with E-state index in [9.17, 15) is 9.90 Å². The third-order valence-electron chi connectivity index (χ3n) is 7.68. The Morgan fingerprint density at radius 2 is 2.05 bits per heavy atom. The SMILES string of the molecule is CC(C)(C)[Si](C)(C)O[C@H]1C[C@H](Nc2ncncc2C(=O)c2ccn(Cc3cccc(Br)c3)c2)C[C@H]1CO. The van der Waals surface area contributed by atoms with Crippen molar-refractivity contribution in [3.8, 4) is 0 Å². The lowest BCUT2D eigenvalue weighted by atomic mass is 10.1. The number of aliphatic hydroxyl groups excluding tert-OH is 1. The van der Waals surface area contributed by atoms with E-state index >= 15 is 0 Å². The van der Waals surface area contributed by atoms with Crippen LogP contribution in [0.1, 0.15) is 55.1 Å². The number of anilines is 1. The number of rotatable bonds is 9. The molecule has 0 spiro atoms. The normalized spacial score (nSPS) is 20.2. The van der Waals surface area contributed by atoms with Crippen molar-refractivity contribution in [2.24, 2.45) is 5.92 Å². The first-order chi connectivity index (χ1) is 17.5. The van der Waals surface area contributed by atoms with Gasteiger partial charge in [0.2, 0.25) is 0 Å². The zero-order chi connectivity index (χ0) is 26.8. The van der Waals surface area contributed by atoms with Gasteiger partial charge in [0, 0.05) is 53.7 Å². The molecule has 3 aromatic rings. The first kappa shape index (κ1) is 27.7. The van der Waals surface area contributed by atoms with Gasteiger partial charge >= 0.3 is 0 Å². The molecule has 1 fully saturated rings. The molecule has 2 heterocycles. The van der Waals surface area contributed by atoms with Gasteiger partial charge in [-0.3, -0.25) is 4.79 Å². The minimum absolute atomic E-state index is 0.0172. The largest absolute Gasteiger partial charge is 0.413 e. The Morgan fingerprint density at radius 3 is 2.76 bits per heavy atom. The van der Waals surface area contributed by atoms with Crippen molar-refractivity contribution < 1.29 is 14.3 Å². The Balaban J connectivity index is 1.47. The van der Waals surface area contributed by atoms with Crippen molar-refractivity contribution in [2.75, 3.05) is 11.9 Å². The van der Waals surface area contributed by atoms with E-state index in [0.717, 1.165) is 22.9 Å². The van der Waals surface area contributed by atoms with Crippen molar-refractivity contribution >= 4 is 35.8 Å². The molecule has 1 aliphatic carbocycles. The summed E-state index contributed by atoms with van der Waals surface area (Å²) in [5, 5.41) is 13.6. The van der Waals surface area contributed by atoms with E-state index < -0.39 is 8.32 Å². The molecule has 2 N–H and O–H groups in total. The van der Waals surface area contributed by atoms with Gasteiger partial charge in [0.25, 0.3) is 0 Å². The van der Waals surface area contributed by atoms with Crippen molar-refractivity contribution in [1.29, 1.82) is 0 Å². The number of benzene rings is 1.